The lowest BCUT2D eigenvalue weighted by atomic mass is 10.1. The molecule has 2 amide bonds. The minimum Gasteiger partial charge on any atom is -0.267 e. The molecule has 0 heterocycles. The van der Waals surface area contributed by atoms with E-state index in [1.54, 1.807) is 36.4 Å². The molecular formula is C16H16N2O2. The molecule has 4 nitrogen and oxygen atoms in total. The van der Waals surface area contributed by atoms with Crippen LogP contribution in [0.2, 0.25) is 0 Å². The van der Waals surface area contributed by atoms with Crippen molar-refractivity contribution in [2.45, 2.75) is 13.3 Å². The SMILES string of the molecule is CCc1ccc(C(=O)NNC(=O)c2ccccc2)cc1. The highest BCUT2D eigenvalue weighted by molar-refractivity contribution is 5.99. The van der Waals surface area contributed by atoms with Gasteiger partial charge in [-0.3, -0.25) is 20.4 Å². The first kappa shape index (κ1) is 13.8. The summed E-state index contributed by atoms with van der Waals surface area (Å²) in [5.74, 6) is -0.680. The van der Waals surface area contributed by atoms with Crippen LogP contribution in [0.15, 0.2) is 54.6 Å². The Kier molecular flexibility index (Phi) is 4.50. The monoisotopic (exact) mass is 268 g/mol. The number of benzene rings is 2. The third-order valence-corrected chi connectivity index (χ3v) is 2.95. The van der Waals surface area contributed by atoms with E-state index in [-0.39, 0.29) is 11.8 Å². The fourth-order valence-electron chi connectivity index (χ4n) is 1.74. The molecule has 0 unspecified atom stereocenters. The molecule has 2 N–H and O–H groups in total. The summed E-state index contributed by atoms with van der Waals surface area (Å²) in [4.78, 5) is 23.6. The molecule has 0 atom stereocenters. The number of aryl methyl sites for hydroxylation is 1. The molecule has 4 heteroatoms. The molecule has 0 spiro atoms. The van der Waals surface area contributed by atoms with Crippen molar-refractivity contribution in [3.63, 3.8) is 0 Å². The van der Waals surface area contributed by atoms with Gasteiger partial charge in [-0.25, -0.2) is 0 Å². The normalized spacial score (nSPS) is 9.85. The van der Waals surface area contributed by atoms with Gasteiger partial charge in [0.2, 0.25) is 0 Å². The molecule has 0 radical (unpaired) electrons. The van der Waals surface area contributed by atoms with Crippen molar-refractivity contribution in [3.8, 4) is 0 Å². The van der Waals surface area contributed by atoms with Gasteiger partial charge < -0.3 is 0 Å². The number of nitrogens with one attached hydrogen (secondary N) is 2. The van der Waals surface area contributed by atoms with E-state index in [9.17, 15) is 9.59 Å². The lowest BCUT2D eigenvalue weighted by Crippen LogP contribution is -2.41. The molecule has 0 aliphatic carbocycles. The predicted molar refractivity (Wildman–Crippen MR) is 77.2 cm³/mol. The van der Waals surface area contributed by atoms with Crippen molar-refractivity contribution in [3.05, 3.63) is 71.3 Å². The molecule has 0 aliphatic rings. The van der Waals surface area contributed by atoms with E-state index in [0.29, 0.717) is 11.1 Å². The summed E-state index contributed by atoms with van der Waals surface area (Å²) in [6, 6.07) is 16.0. The highest BCUT2D eigenvalue weighted by Gasteiger charge is 2.08. The Morgan fingerprint density at radius 3 is 1.80 bits per heavy atom. The largest absolute Gasteiger partial charge is 0.269 e. The second-order valence-corrected chi connectivity index (χ2v) is 4.32. The van der Waals surface area contributed by atoms with Crippen LogP contribution in [0.5, 0.6) is 0 Å². The summed E-state index contributed by atoms with van der Waals surface area (Å²) in [5.41, 5.74) is 6.95. The van der Waals surface area contributed by atoms with Gasteiger partial charge in [-0.05, 0) is 36.2 Å². The second-order valence-electron chi connectivity index (χ2n) is 4.32. The molecule has 2 aromatic rings. The van der Waals surface area contributed by atoms with Gasteiger partial charge in [0, 0.05) is 11.1 Å². The van der Waals surface area contributed by atoms with Crippen LogP contribution in [0.4, 0.5) is 0 Å². The number of amides is 2. The van der Waals surface area contributed by atoms with Gasteiger partial charge in [-0.2, -0.15) is 0 Å². The molecular weight excluding hydrogens is 252 g/mol. The summed E-state index contributed by atoms with van der Waals surface area (Å²) in [5, 5.41) is 0. The van der Waals surface area contributed by atoms with Crippen LogP contribution >= 0.6 is 0 Å². The van der Waals surface area contributed by atoms with Crippen molar-refractivity contribution in [2.24, 2.45) is 0 Å². The second kappa shape index (κ2) is 6.52. The molecule has 102 valence electrons. The van der Waals surface area contributed by atoms with Crippen molar-refractivity contribution in [1.29, 1.82) is 0 Å². The Morgan fingerprint density at radius 1 is 0.800 bits per heavy atom. The molecule has 0 bridgehead atoms. The maximum Gasteiger partial charge on any atom is 0.269 e. The highest BCUT2D eigenvalue weighted by atomic mass is 16.2. The van der Waals surface area contributed by atoms with Crippen LogP contribution in [0, 0.1) is 0 Å². The van der Waals surface area contributed by atoms with Crippen molar-refractivity contribution in [1.82, 2.24) is 10.9 Å². The lowest BCUT2D eigenvalue weighted by Gasteiger charge is -2.07. The Balaban J connectivity index is 1.93. The third kappa shape index (κ3) is 3.45. The quantitative estimate of drug-likeness (QED) is 0.839. The van der Waals surface area contributed by atoms with Gasteiger partial charge in [0.15, 0.2) is 0 Å². The number of hydrazine groups is 1. The van der Waals surface area contributed by atoms with Gasteiger partial charge in [0.25, 0.3) is 11.8 Å². The van der Waals surface area contributed by atoms with E-state index in [4.69, 9.17) is 0 Å². The van der Waals surface area contributed by atoms with E-state index in [0.717, 1.165) is 12.0 Å². The standard InChI is InChI=1S/C16H16N2O2/c1-2-12-8-10-14(11-9-12)16(20)18-17-15(19)13-6-4-3-5-7-13/h3-11H,2H2,1H3,(H,17,19)(H,18,20). The van der Waals surface area contributed by atoms with Crippen molar-refractivity contribution >= 4 is 11.8 Å². The van der Waals surface area contributed by atoms with Gasteiger partial charge >= 0.3 is 0 Å². The Labute approximate surface area is 117 Å². The first-order valence-electron chi connectivity index (χ1n) is 6.45. The number of carbonyl (C=O) groups is 2. The van der Waals surface area contributed by atoms with Crippen molar-refractivity contribution < 1.29 is 9.59 Å². The van der Waals surface area contributed by atoms with E-state index < -0.39 is 0 Å². The highest BCUT2D eigenvalue weighted by Crippen LogP contribution is 2.04. The number of carbonyl (C=O) groups excluding carboxylic acids is 2. The average Bonchev–Trinajstić information content (AvgIpc) is 2.53. The summed E-state index contributed by atoms with van der Waals surface area (Å²) in [6.45, 7) is 2.05. The minimum absolute atomic E-state index is 0.336. The van der Waals surface area contributed by atoms with Crippen LogP contribution in [0.25, 0.3) is 0 Å². The Morgan fingerprint density at radius 2 is 1.30 bits per heavy atom. The number of hydrogen-bond donors (Lipinski definition) is 2. The fourth-order valence-corrected chi connectivity index (χ4v) is 1.74. The van der Waals surface area contributed by atoms with E-state index in [2.05, 4.69) is 17.8 Å². The minimum atomic E-state index is -0.343. The van der Waals surface area contributed by atoms with E-state index >= 15 is 0 Å². The van der Waals surface area contributed by atoms with E-state index in [1.165, 1.54) is 0 Å². The zero-order valence-electron chi connectivity index (χ0n) is 11.2. The average molecular weight is 268 g/mol. The maximum absolute atomic E-state index is 11.9. The summed E-state index contributed by atoms with van der Waals surface area (Å²) in [7, 11) is 0. The molecule has 2 aromatic carbocycles. The smallest absolute Gasteiger partial charge is 0.267 e. The Hall–Kier alpha value is -2.62. The van der Waals surface area contributed by atoms with Crippen LogP contribution in [0.1, 0.15) is 33.2 Å². The first-order valence-corrected chi connectivity index (χ1v) is 6.45. The molecule has 0 saturated carbocycles. The van der Waals surface area contributed by atoms with Crippen molar-refractivity contribution in [2.75, 3.05) is 0 Å². The van der Waals surface area contributed by atoms with Gasteiger partial charge in [0.05, 0.1) is 0 Å². The topological polar surface area (TPSA) is 58.2 Å². The summed E-state index contributed by atoms with van der Waals surface area (Å²) >= 11 is 0. The van der Waals surface area contributed by atoms with Gasteiger partial charge in [-0.15, -0.1) is 0 Å². The van der Waals surface area contributed by atoms with Crippen LogP contribution in [-0.4, -0.2) is 11.8 Å². The maximum atomic E-state index is 11.9. The molecule has 0 fully saturated rings. The van der Waals surface area contributed by atoms with Crippen LogP contribution in [-0.2, 0) is 6.42 Å². The molecule has 2 rings (SSSR count). The van der Waals surface area contributed by atoms with Gasteiger partial charge in [0.1, 0.15) is 0 Å². The summed E-state index contributed by atoms with van der Waals surface area (Å²) in [6.07, 6.45) is 0.923. The molecule has 0 saturated heterocycles. The first-order chi connectivity index (χ1) is 9.70. The Bertz CT molecular complexity index is 592. The lowest BCUT2D eigenvalue weighted by molar-refractivity contribution is 0.0846. The third-order valence-electron chi connectivity index (χ3n) is 2.95. The predicted octanol–water partition coefficient (Wildman–Crippen LogP) is 2.32. The zero-order chi connectivity index (χ0) is 14.4. The summed E-state index contributed by atoms with van der Waals surface area (Å²) < 4.78 is 0. The van der Waals surface area contributed by atoms with Crippen LogP contribution < -0.4 is 10.9 Å². The van der Waals surface area contributed by atoms with E-state index in [1.807, 2.05) is 18.2 Å². The molecule has 20 heavy (non-hydrogen) atoms. The number of hydrogen-bond acceptors (Lipinski definition) is 2. The zero-order valence-corrected chi connectivity index (χ0v) is 11.2. The van der Waals surface area contributed by atoms with Crippen LogP contribution in [0.3, 0.4) is 0 Å². The number of rotatable bonds is 3. The van der Waals surface area contributed by atoms with Gasteiger partial charge in [-0.1, -0.05) is 37.3 Å². The fraction of sp³-hybridized carbons (Fsp3) is 0.125. The molecule has 0 aromatic heterocycles. The molecule has 0 aliphatic heterocycles.